The molecule has 6 nitrogen and oxygen atoms in total. The second-order valence-corrected chi connectivity index (χ2v) is 7.98. The summed E-state index contributed by atoms with van der Waals surface area (Å²) in [6.45, 7) is 10.4. The fraction of sp³-hybridized carbons (Fsp3) is 0.579. The Morgan fingerprint density at radius 3 is 2.73 bits per heavy atom. The van der Waals surface area contributed by atoms with E-state index in [0.717, 1.165) is 31.3 Å². The van der Waals surface area contributed by atoms with Gasteiger partial charge in [-0.2, -0.15) is 11.8 Å². The molecule has 1 aliphatic heterocycles. The highest BCUT2D eigenvalue weighted by atomic mass is 32.2. The first-order valence-corrected chi connectivity index (χ1v) is 10.3. The number of nitrogens with one attached hydrogen (secondary N) is 2. The lowest BCUT2D eigenvalue weighted by Gasteiger charge is -2.36. The number of phenolic OH excluding ortho intramolecular Hbond substituents is 1. The quantitative estimate of drug-likeness (QED) is 0.402. The number of benzene rings is 1. The summed E-state index contributed by atoms with van der Waals surface area (Å²) in [7, 11) is 0. The zero-order valence-corrected chi connectivity index (χ0v) is 16.7. The lowest BCUT2D eigenvalue weighted by Crippen LogP contribution is -2.49. The number of carbonyl (C=O) groups excluding carboxylic acids is 1. The molecule has 0 aromatic heterocycles. The van der Waals surface area contributed by atoms with Crippen LogP contribution in [0.15, 0.2) is 29.3 Å². The first-order chi connectivity index (χ1) is 12.5. The van der Waals surface area contributed by atoms with Gasteiger partial charge in [0.15, 0.2) is 5.96 Å². The Balaban J connectivity index is 1.86. The van der Waals surface area contributed by atoms with Gasteiger partial charge >= 0.3 is 0 Å². The first-order valence-electron chi connectivity index (χ1n) is 9.23. The van der Waals surface area contributed by atoms with E-state index in [9.17, 15) is 9.90 Å². The van der Waals surface area contributed by atoms with Crippen molar-refractivity contribution in [3.63, 3.8) is 0 Å². The van der Waals surface area contributed by atoms with Gasteiger partial charge in [0.05, 0.1) is 6.54 Å². The second kappa shape index (κ2) is 10.3. The summed E-state index contributed by atoms with van der Waals surface area (Å²) in [5, 5.41) is 16.1. The summed E-state index contributed by atoms with van der Waals surface area (Å²) >= 11 is 2.04. The van der Waals surface area contributed by atoms with Crippen molar-refractivity contribution < 1.29 is 9.90 Å². The number of thioether (sulfide) groups is 1. The number of nitrogens with zero attached hydrogens (tertiary/aromatic N) is 2. The molecule has 0 radical (unpaired) electrons. The number of phenols is 1. The van der Waals surface area contributed by atoms with Crippen LogP contribution in [-0.4, -0.2) is 65.6 Å². The third-order valence-corrected chi connectivity index (χ3v) is 5.80. The third-order valence-electron chi connectivity index (χ3n) is 4.26. The van der Waals surface area contributed by atoms with Gasteiger partial charge in [0.2, 0.25) is 0 Å². The smallest absolute Gasteiger partial charge is 0.251 e. The minimum absolute atomic E-state index is 0.153. The molecule has 1 unspecified atom stereocenters. The minimum atomic E-state index is -0.153. The standard InChI is InChI=1S/C19H30N4O2S/c1-4-20-19(23-11-12-26-17(13-23)14(2)3)22-10-9-21-18(25)15-5-7-16(24)8-6-15/h5-8,14,17,24H,4,9-13H2,1-3H3,(H,20,22)(H,21,25). The number of hydrogen-bond donors (Lipinski definition) is 3. The van der Waals surface area contributed by atoms with Crippen LogP contribution in [0.5, 0.6) is 5.75 Å². The molecule has 2 rings (SSSR count). The van der Waals surface area contributed by atoms with Crippen LogP contribution in [0.1, 0.15) is 31.1 Å². The monoisotopic (exact) mass is 378 g/mol. The number of guanidine groups is 1. The number of aliphatic imine (C=N–C) groups is 1. The molecule has 1 saturated heterocycles. The molecule has 0 spiro atoms. The Kier molecular flexibility index (Phi) is 8.09. The van der Waals surface area contributed by atoms with E-state index in [1.165, 1.54) is 12.1 Å². The van der Waals surface area contributed by atoms with E-state index < -0.39 is 0 Å². The van der Waals surface area contributed by atoms with Crippen molar-refractivity contribution in [1.82, 2.24) is 15.5 Å². The highest BCUT2D eigenvalue weighted by Gasteiger charge is 2.24. The van der Waals surface area contributed by atoms with Gasteiger partial charge in [-0.15, -0.1) is 0 Å². The topological polar surface area (TPSA) is 77.0 Å². The highest BCUT2D eigenvalue weighted by molar-refractivity contribution is 8.00. The van der Waals surface area contributed by atoms with Crippen molar-refractivity contribution in [3.8, 4) is 5.75 Å². The van der Waals surface area contributed by atoms with Crippen LogP contribution < -0.4 is 10.6 Å². The fourth-order valence-corrected chi connectivity index (χ4v) is 4.04. The molecular formula is C19H30N4O2S. The van der Waals surface area contributed by atoms with E-state index >= 15 is 0 Å². The maximum absolute atomic E-state index is 12.1. The molecular weight excluding hydrogens is 348 g/mol. The van der Waals surface area contributed by atoms with E-state index in [2.05, 4.69) is 41.3 Å². The molecule has 1 aromatic rings. The summed E-state index contributed by atoms with van der Waals surface area (Å²) < 4.78 is 0. The molecule has 26 heavy (non-hydrogen) atoms. The lowest BCUT2D eigenvalue weighted by atomic mass is 10.1. The summed E-state index contributed by atoms with van der Waals surface area (Å²) in [5.41, 5.74) is 0.534. The molecule has 144 valence electrons. The van der Waals surface area contributed by atoms with Crippen LogP contribution in [0, 0.1) is 5.92 Å². The summed E-state index contributed by atoms with van der Waals surface area (Å²) in [4.78, 5) is 19.1. The number of carbonyl (C=O) groups is 1. The zero-order valence-electron chi connectivity index (χ0n) is 15.9. The number of rotatable bonds is 6. The second-order valence-electron chi connectivity index (χ2n) is 6.64. The van der Waals surface area contributed by atoms with E-state index in [4.69, 9.17) is 0 Å². The Labute approximate surface area is 160 Å². The largest absolute Gasteiger partial charge is 0.508 e. The van der Waals surface area contributed by atoms with Gasteiger partial charge in [0, 0.05) is 42.7 Å². The minimum Gasteiger partial charge on any atom is -0.508 e. The average Bonchev–Trinajstić information content (AvgIpc) is 2.64. The van der Waals surface area contributed by atoms with Crippen LogP contribution in [0.25, 0.3) is 0 Å². The van der Waals surface area contributed by atoms with Crippen molar-refractivity contribution in [1.29, 1.82) is 0 Å². The molecule has 1 aromatic carbocycles. The molecule has 0 saturated carbocycles. The maximum Gasteiger partial charge on any atom is 0.251 e. The van der Waals surface area contributed by atoms with Crippen LogP contribution in [0.4, 0.5) is 0 Å². The molecule has 1 atom stereocenters. The predicted octanol–water partition coefficient (Wildman–Crippen LogP) is 2.16. The summed E-state index contributed by atoms with van der Waals surface area (Å²) in [6.07, 6.45) is 0. The summed E-state index contributed by atoms with van der Waals surface area (Å²) in [6, 6.07) is 6.23. The molecule has 0 aliphatic carbocycles. The molecule has 3 N–H and O–H groups in total. The Morgan fingerprint density at radius 2 is 2.08 bits per heavy atom. The number of hydrogen-bond acceptors (Lipinski definition) is 4. The van der Waals surface area contributed by atoms with Gasteiger partial charge in [-0.05, 0) is 37.1 Å². The molecule has 1 fully saturated rings. The van der Waals surface area contributed by atoms with Gasteiger partial charge in [-0.3, -0.25) is 9.79 Å². The Hall–Kier alpha value is -1.89. The molecule has 1 aliphatic rings. The van der Waals surface area contributed by atoms with Crippen LogP contribution in [0.2, 0.25) is 0 Å². The zero-order chi connectivity index (χ0) is 18.9. The molecule has 1 amide bonds. The van der Waals surface area contributed by atoms with Gasteiger partial charge in [-0.1, -0.05) is 13.8 Å². The summed E-state index contributed by atoms with van der Waals surface area (Å²) in [5.74, 6) is 2.69. The van der Waals surface area contributed by atoms with Crippen LogP contribution in [-0.2, 0) is 0 Å². The molecule has 1 heterocycles. The van der Waals surface area contributed by atoms with Crippen molar-refractivity contribution in [3.05, 3.63) is 29.8 Å². The predicted molar refractivity (Wildman–Crippen MR) is 109 cm³/mol. The van der Waals surface area contributed by atoms with E-state index in [-0.39, 0.29) is 11.7 Å². The van der Waals surface area contributed by atoms with Crippen molar-refractivity contribution >= 4 is 23.6 Å². The van der Waals surface area contributed by atoms with Crippen LogP contribution in [0.3, 0.4) is 0 Å². The number of aromatic hydroxyl groups is 1. The van der Waals surface area contributed by atoms with Gasteiger partial charge < -0.3 is 20.6 Å². The van der Waals surface area contributed by atoms with Crippen LogP contribution >= 0.6 is 11.8 Å². The van der Waals surface area contributed by atoms with E-state index in [1.54, 1.807) is 12.1 Å². The Morgan fingerprint density at radius 1 is 1.35 bits per heavy atom. The van der Waals surface area contributed by atoms with E-state index in [1.807, 2.05) is 11.8 Å². The van der Waals surface area contributed by atoms with Gasteiger partial charge in [-0.25, -0.2) is 0 Å². The fourth-order valence-electron chi connectivity index (χ4n) is 2.74. The Bertz CT molecular complexity index is 604. The third kappa shape index (κ3) is 6.12. The van der Waals surface area contributed by atoms with Crippen molar-refractivity contribution in [2.24, 2.45) is 10.9 Å². The molecule has 0 bridgehead atoms. The lowest BCUT2D eigenvalue weighted by molar-refractivity contribution is 0.0955. The first kappa shape index (κ1) is 20.4. The average molecular weight is 379 g/mol. The normalized spacial score (nSPS) is 18.1. The van der Waals surface area contributed by atoms with Crippen molar-refractivity contribution in [2.45, 2.75) is 26.0 Å². The highest BCUT2D eigenvalue weighted by Crippen LogP contribution is 2.24. The van der Waals surface area contributed by atoms with Gasteiger partial charge in [0.25, 0.3) is 5.91 Å². The molecule has 7 heteroatoms. The SMILES string of the molecule is CCNC(=NCCNC(=O)c1ccc(O)cc1)N1CCSC(C(C)C)C1. The maximum atomic E-state index is 12.1. The number of amides is 1. The van der Waals surface area contributed by atoms with Gasteiger partial charge in [0.1, 0.15) is 5.75 Å². The van der Waals surface area contributed by atoms with E-state index in [0.29, 0.717) is 29.8 Å². The van der Waals surface area contributed by atoms with Crippen molar-refractivity contribution in [2.75, 3.05) is 38.5 Å².